The van der Waals surface area contributed by atoms with Gasteiger partial charge in [-0.15, -0.1) is 35.3 Å². The molecule has 0 spiro atoms. The van der Waals surface area contributed by atoms with E-state index in [-0.39, 0.29) is 47.0 Å². The van der Waals surface area contributed by atoms with Crippen LogP contribution in [0.4, 0.5) is 13.2 Å². The minimum atomic E-state index is -4.44. The molecule has 7 nitrogen and oxygen atoms in total. The summed E-state index contributed by atoms with van der Waals surface area (Å²) < 4.78 is 60.5. The topological polar surface area (TPSA) is 86.7 Å². The van der Waals surface area contributed by atoms with Crippen LogP contribution in [0.25, 0.3) is 0 Å². The SMILES string of the molecule is CCNC(=NCc1nc(C(F)(F)F)cs1)NCCN1CCS(=O)(=O)CC1.I. The van der Waals surface area contributed by atoms with Crippen LogP contribution in [0, 0.1) is 0 Å². The molecule has 0 unspecified atom stereocenters. The number of nitrogens with one attached hydrogen (secondary N) is 2. The lowest BCUT2D eigenvalue weighted by atomic mass is 10.4. The average molecular weight is 541 g/mol. The summed E-state index contributed by atoms with van der Waals surface area (Å²) in [6.07, 6.45) is -4.44. The van der Waals surface area contributed by atoms with Crippen LogP contribution < -0.4 is 10.6 Å². The molecule has 1 aromatic rings. The number of nitrogens with zero attached hydrogens (tertiary/aromatic N) is 3. The number of alkyl halides is 3. The van der Waals surface area contributed by atoms with Crippen molar-refractivity contribution in [1.29, 1.82) is 0 Å². The number of rotatable bonds is 6. The van der Waals surface area contributed by atoms with Gasteiger partial charge in [0.05, 0.1) is 18.1 Å². The highest BCUT2D eigenvalue weighted by Crippen LogP contribution is 2.30. The zero-order chi connectivity index (χ0) is 19.2. The van der Waals surface area contributed by atoms with Crippen molar-refractivity contribution < 1.29 is 21.6 Å². The van der Waals surface area contributed by atoms with Crippen LogP contribution in [0.5, 0.6) is 0 Å². The summed E-state index contributed by atoms with van der Waals surface area (Å²) in [6.45, 7) is 4.79. The monoisotopic (exact) mass is 541 g/mol. The Bertz CT molecular complexity index is 711. The van der Waals surface area contributed by atoms with Crippen LogP contribution in [-0.2, 0) is 22.6 Å². The van der Waals surface area contributed by atoms with Gasteiger partial charge in [0, 0.05) is 38.1 Å². The molecule has 0 aromatic carbocycles. The van der Waals surface area contributed by atoms with Gasteiger partial charge in [0.2, 0.25) is 0 Å². The lowest BCUT2D eigenvalue weighted by Gasteiger charge is -2.26. The van der Waals surface area contributed by atoms with Gasteiger partial charge >= 0.3 is 6.18 Å². The number of guanidine groups is 1. The van der Waals surface area contributed by atoms with Gasteiger partial charge in [-0.25, -0.2) is 18.4 Å². The normalized spacial score (nSPS) is 18.0. The maximum Gasteiger partial charge on any atom is 0.434 e. The largest absolute Gasteiger partial charge is 0.434 e. The summed E-state index contributed by atoms with van der Waals surface area (Å²) in [6, 6.07) is 0. The quantitative estimate of drug-likeness (QED) is 0.323. The average Bonchev–Trinajstić information content (AvgIpc) is 3.03. The predicted molar refractivity (Wildman–Crippen MR) is 110 cm³/mol. The fourth-order valence-corrected chi connectivity index (χ4v) is 4.31. The van der Waals surface area contributed by atoms with Gasteiger partial charge in [0.15, 0.2) is 21.5 Å². The van der Waals surface area contributed by atoms with E-state index in [0.29, 0.717) is 38.7 Å². The molecule has 156 valence electrons. The molecule has 2 heterocycles. The first kappa shape index (κ1) is 24.4. The molecule has 1 saturated heterocycles. The molecule has 0 bridgehead atoms. The summed E-state index contributed by atoms with van der Waals surface area (Å²) in [4.78, 5) is 9.84. The molecule has 0 saturated carbocycles. The van der Waals surface area contributed by atoms with Gasteiger partial charge < -0.3 is 10.6 Å². The Morgan fingerprint density at radius 2 is 2.00 bits per heavy atom. The minimum Gasteiger partial charge on any atom is -0.357 e. The number of thiazole rings is 1. The molecule has 27 heavy (non-hydrogen) atoms. The van der Waals surface area contributed by atoms with Gasteiger partial charge in [0.1, 0.15) is 5.01 Å². The molecule has 1 fully saturated rings. The van der Waals surface area contributed by atoms with Crippen molar-refractivity contribution >= 4 is 51.1 Å². The van der Waals surface area contributed by atoms with E-state index in [0.717, 1.165) is 16.7 Å². The molecule has 13 heteroatoms. The summed E-state index contributed by atoms with van der Waals surface area (Å²) >= 11 is 0.924. The van der Waals surface area contributed by atoms with Crippen molar-refractivity contribution in [2.75, 3.05) is 44.2 Å². The highest BCUT2D eigenvalue weighted by atomic mass is 127. The third-order valence-corrected chi connectivity index (χ3v) is 6.16. The minimum absolute atomic E-state index is 0. The van der Waals surface area contributed by atoms with E-state index in [2.05, 4.69) is 20.6 Å². The second-order valence-corrected chi connectivity index (χ2v) is 8.99. The first-order valence-electron chi connectivity index (χ1n) is 8.16. The summed E-state index contributed by atoms with van der Waals surface area (Å²) in [5, 5.41) is 7.39. The van der Waals surface area contributed by atoms with Crippen molar-refractivity contribution in [3.63, 3.8) is 0 Å². The Kier molecular flexibility index (Phi) is 9.71. The second kappa shape index (κ2) is 10.8. The Morgan fingerprint density at radius 3 is 2.56 bits per heavy atom. The number of halogens is 4. The lowest BCUT2D eigenvalue weighted by molar-refractivity contribution is -0.140. The summed E-state index contributed by atoms with van der Waals surface area (Å²) in [7, 11) is -2.90. The van der Waals surface area contributed by atoms with Crippen LogP contribution >= 0.6 is 35.3 Å². The highest BCUT2D eigenvalue weighted by molar-refractivity contribution is 14.0. The predicted octanol–water partition coefficient (Wildman–Crippen LogP) is 1.57. The van der Waals surface area contributed by atoms with E-state index in [1.165, 1.54) is 0 Å². The van der Waals surface area contributed by atoms with Crippen LogP contribution in [0.3, 0.4) is 0 Å². The number of aliphatic imine (C=N–C) groups is 1. The fraction of sp³-hybridized carbons (Fsp3) is 0.714. The van der Waals surface area contributed by atoms with E-state index in [1.54, 1.807) is 0 Å². The fourth-order valence-electron chi connectivity index (χ4n) is 2.31. The molecule has 0 radical (unpaired) electrons. The van der Waals surface area contributed by atoms with Crippen molar-refractivity contribution in [3.05, 3.63) is 16.1 Å². The third kappa shape index (κ3) is 8.48. The molecule has 0 amide bonds. The van der Waals surface area contributed by atoms with Gasteiger partial charge in [-0.3, -0.25) is 4.90 Å². The van der Waals surface area contributed by atoms with Crippen molar-refractivity contribution in [2.24, 2.45) is 4.99 Å². The van der Waals surface area contributed by atoms with E-state index in [4.69, 9.17) is 0 Å². The molecule has 1 aliphatic rings. The molecule has 0 aliphatic carbocycles. The number of hydrogen-bond acceptors (Lipinski definition) is 6. The Morgan fingerprint density at radius 1 is 1.33 bits per heavy atom. The van der Waals surface area contributed by atoms with E-state index in [9.17, 15) is 21.6 Å². The molecule has 2 N–H and O–H groups in total. The summed E-state index contributed by atoms with van der Waals surface area (Å²) in [5.74, 6) is 0.834. The Balaban J connectivity index is 0.00000364. The van der Waals surface area contributed by atoms with Gasteiger partial charge in [-0.2, -0.15) is 13.2 Å². The van der Waals surface area contributed by atoms with Gasteiger partial charge in [0.25, 0.3) is 0 Å². The summed E-state index contributed by atoms with van der Waals surface area (Å²) in [5.41, 5.74) is -0.897. The molecule has 1 aromatic heterocycles. The number of sulfone groups is 1. The van der Waals surface area contributed by atoms with Crippen LogP contribution in [0.1, 0.15) is 17.6 Å². The Labute approximate surface area is 177 Å². The first-order valence-corrected chi connectivity index (χ1v) is 10.9. The smallest absolute Gasteiger partial charge is 0.357 e. The van der Waals surface area contributed by atoms with Crippen LogP contribution in [0.15, 0.2) is 10.4 Å². The van der Waals surface area contributed by atoms with Crippen molar-refractivity contribution in [3.8, 4) is 0 Å². The molecular weight excluding hydrogens is 518 g/mol. The molecule has 0 atom stereocenters. The standard InChI is InChI=1S/C14H22F3N5O2S2.HI/c1-2-18-13(19-3-4-22-5-7-26(23,24)8-6-22)20-9-12-21-11(10-25-12)14(15,16)17;/h10H,2-9H2,1H3,(H2,18,19,20);1H. The van der Waals surface area contributed by atoms with Gasteiger partial charge in [-0.1, -0.05) is 0 Å². The number of hydrogen-bond donors (Lipinski definition) is 2. The maximum absolute atomic E-state index is 12.6. The lowest BCUT2D eigenvalue weighted by Crippen LogP contribution is -2.45. The zero-order valence-electron chi connectivity index (χ0n) is 14.8. The molecular formula is C14H23F3IN5O2S2. The van der Waals surface area contributed by atoms with E-state index >= 15 is 0 Å². The van der Waals surface area contributed by atoms with Gasteiger partial charge in [-0.05, 0) is 6.92 Å². The van der Waals surface area contributed by atoms with Crippen molar-refractivity contribution in [1.82, 2.24) is 20.5 Å². The van der Waals surface area contributed by atoms with Crippen LogP contribution in [-0.4, -0.2) is 68.5 Å². The third-order valence-electron chi connectivity index (χ3n) is 3.72. The first-order chi connectivity index (χ1) is 12.2. The van der Waals surface area contributed by atoms with Crippen LogP contribution in [0.2, 0.25) is 0 Å². The zero-order valence-corrected chi connectivity index (χ0v) is 18.7. The van der Waals surface area contributed by atoms with Crippen molar-refractivity contribution in [2.45, 2.75) is 19.6 Å². The number of aromatic nitrogens is 1. The maximum atomic E-state index is 12.6. The molecule has 1 aliphatic heterocycles. The van der Waals surface area contributed by atoms with E-state index < -0.39 is 21.7 Å². The second-order valence-electron chi connectivity index (χ2n) is 5.74. The highest BCUT2D eigenvalue weighted by Gasteiger charge is 2.33. The Hall–Kier alpha value is -0.670. The van der Waals surface area contributed by atoms with E-state index in [1.807, 2.05) is 11.8 Å². The molecule has 2 rings (SSSR count).